The lowest BCUT2D eigenvalue weighted by molar-refractivity contribution is -0.137. The van der Waals surface area contributed by atoms with E-state index in [0.717, 1.165) is 17.5 Å². The first-order valence-electron chi connectivity index (χ1n) is 9.57. The lowest BCUT2D eigenvalue weighted by atomic mass is 10.1. The van der Waals surface area contributed by atoms with Crippen LogP contribution in [-0.2, 0) is 32.5 Å². The molecule has 1 heterocycles. The number of likely N-dealkylation sites (tertiary alicyclic amines) is 1. The topological polar surface area (TPSA) is 110 Å². The SMILES string of the molecule is NS(=O)(=O)c1ccc(CCNC(=O)[C@@H]2CCCN2C(=O)Cc2ccccc2)cc1. The Hall–Kier alpha value is -2.71. The highest BCUT2D eigenvalue weighted by atomic mass is 32.2. The Morgan fingerprint density at radius 1 is 1.03 bits per heavy atom. The number of carbonyl (C=O) groups is 2. The van der Waals surface area contributed by atoms with Gasteiger partial charge in [0.2, 0.25) is 21.8 Å². The van der Waals surface area contributed by atoms with Crippen molar-refractivity contribution in [2.75, 3.05) is 13.1 Å². The summed E-state index contributed by atoms with van der Waals surface area (Å²) in [6, 6.07) is 15.3. The third-order valence-corrected chi connectivity index (χ3v) is 5.97. The Kier molecular flexibility index (Phi) is 6.66. The predicted octanol–water partition coefficient (Wildman–Crippen LogP) is 1.23. The van der Waals surface area contributed by atoms with Gasteiger partial charge in [0.1, 0.15) is 6.04 Å². The zero-order chi connectivity index (χ0) is 20.9. The van der Waals surface area contributed by atoms with E-state index in [1.54, 1.807) is 17.0 Å². The second kappa shape index (κ2) is 9.19. The maximum atomic E-state index is 12.6. The maximum absolute atomic E-state index is 12.6. The molecule has 0 bridgehead atoms. The van der Waals surface area contributed by atoms with Crippen LogP contribution < -0.4 is 10.5 Å². The number of amides is 2. The van der Waals surface area contributed by atoms with E-state index in [-0.39, 0.29) is 16.7 Å². The molecule has 29 heavy (non-hydrogen) atoms. The van der Waals surface area contributed by atoms with Crippen LogP contribution in [0.15, 0.2) is 59.5 Å². The van der Waals surface area contributed by atoms with Gasteiger partial charge in [-0.25, -0.2) is 13.6 Å². The summed E-state index contributed by atoms with van der Waals surface area (Å²) in [5.74, 6) is -0.183. The number of hydrogen-bond donors (Lipinski definition) is 2. The summed E-state index contributed by atoms with van der Waals surface area (Å²) >= 11 is 0. The molecule has 3 N–H and O–H groups in total. The molecule has 8 heteroatoms. The van der Waals surface area contributed by atoms with Crippen molar-refractivity contribution in [3.8, 4) is 0 Å². The zero-order valence-electron chi connectivity index (χ0n) is 16.1. The number of primary sulfonamides is 1. The largest absolute Gasteiger partial charge is 0.354 e. The molecule has 0 aromatic heterocycles. The summed E-state index contributed by atoms with van der Waals surface area (Å²) in [4.78, 5) is 26.9. The van der Waals surface area contributed by atoms with E-state index >= 15 is 0 Å². The summed E-state index contributed by atoms with van der Waals surface area (Å²) in [7, 11) is -3.71. The first-order valence-corrected chi connectivity index (χ1v) is 11.1. The van der Waals surface area contributed by atoms with Crippen molar-refractivity contribution >= 4 is 21.8 Å². The molecular weight excluding hydrogens is 390 g/mol. The van der Waals surface area contributed by atoms with Crippen molar-refractivity contribution < 1.29 is 18.0 Å². The van der Waals surface area contributed by atoms with Gasteiger partial charge in [-0.15, -0.1) is 0 Å². The Morgan fingerprint density at radius 2 is 1.72 bits per heavy atom. The van der Waals surface area contributed by atoms with Crippen LogP contribution in [0.2, 0.25) is 0 Å². The van der Waals surface area contributed by atoms with Gasteiger partial charge in [0.15, 0.2) is 0 Å². The third-order valence-electron chi connectivity index (χ3n) is 5.04. The van der Waals surface area contributed by atoms with Gasteiger partial charge in [-0.1, -0.05) is 42.5 Å². The number of benzene rings is 2. The molecule has 1 atom stereocenters. The van der Waals surface area contributed by atoms with Crippen LogP contribution in [0.3, 0.4) is 0 Å². The van der Waals surface area contributed by atoms with Crippen LogP contribution >= 0.6 is 0 Å². The van der Waals surface area contributed by atoms with E-state index in [0.29, 0.717) is 32.4 Å². The van der Waals surface area contributed by atoms with Gasteiger partial charge in [-0.3, -0.25) is 9.59 Å². The minimum absolute atomic E-state index is 0.0348. The molecule has 1 aliphatic rings. The number of sulfonamides is 1. The second-order valence-electron chi connectivity index (χ2n) is 7.14. The number of hydrogen-bond acceptors (Lipinski definition) is 4. The van der Waals surface area contributed by atoms with E-state index in [1.165, 1.54) is 12.1 Å². The summed E-state index contributed by atoms with van der Waals surface area (Å²) < 4.78 is 22.6. The highest BCUT2D eigenvalue weighted by Gasteiger charge is 2.33. The van der Waals surface area contributed by atoms with Crippen LogP contribution in [0.5, 0.6) is 0 Å². The minimum atomic E-state index is -3.71. The lowest BCUT2D eigenvalue weighted by Crippen LogP contribution is -2.46. The maximum Gasteiger partial charge on any atom is 0.242 e. The van der Waals surface area contributed by atoms with Crippen LogP contribution in [0.1, 0.15) is 24.0 Å². The molecule has 0 aliphatic carbocycles. The molecule has 2 aromatic rings. The Labute approximate surface area is 171 Å². The summed E-state index contributed by atoms with van der Waals surface area (Å²) in [5, 5.41) is 7.98. The second-order valence-corrected chi connectivity index (χ2v) is 8.70. The highest BCUT2D eigenvalue weighted by Crippen LogP contribution is 2.19. The van der Waals surface area contributed by atoms with Crippen molar-refractivity contribution in [2.45, 2.75) is 36.6 Å². The first-order chi connectivity index (χ1) is 13.8. The van der Waals surface area contributed by atoms with E-state index in [2.05, 4.69) is 5.32 Å². The molecule has 154 valence electrons. The molecule has 0 spiro atoms. The number of nitrogens with zero attached hydrogens (tertiary/aromatic N) is 1. The molecule has 2 aromatic carbocycles. The average Bonchev–Trinajstić information content (AvgIpc) is 3.18. The molecular formula is C21H25N3O4S. The monoisotopic (exact) mass is 415 g/mol. The average molecular weight is 416 g/mol. The van der Waals surface area contributed by atoms with E-state index in [1.807, 2.05) is 30.3 Å². The molecule has 2 amide bonds. The van der Waals surface area contributed by atoms with Crippen LogP contribution in [0.4, 0.5) is 0 Å². The molecule has 0 unspecified atom stereocenters. The molecule has 1 saturated heterocycles. The van der Waals surface area contributed by atoms with Gasteiger partial charge >= 0.3 is 0 Å². The molecule has 7 nitrogen and oxygen atoms in total. The normalized spacial score (nSPS) is 16.6. The van der Waals surface area contributed by atoms with Crippen LogP contribution in [0.25, 0.3) is 0 Å². The van der Waals surface area contributed by atoms with Crippen molar-refractivity contribution in [2.24, 2.45) is 5.14 Å². The molecule has 1 aliphatic heterocycles. The standard InChI is InChI=1S/C21H25N3O4S/c22-29(27,28)18-10-8-16(9-11-18)12-13-23-21(26)19-7-4-14-24(19)20(25)15-17-5-2-1-3-6-17/h1-3,5-6,8-11,19H,4,7,12-15H2,(H,23,26)(H2,22,27,28)/t19-/m0/s1. The Balaban J connectivity index is 1.51. The molecule has 1 fully saturated rings. The van der Waals surface area contributed by atoms with Crippen LogP contribution in [-0.4, -0.2) is 44.3 Å². The fourth-order valence-corrected chi connectivity index (χ4v) is 4.02. The van der Waals surface area contributed by atoms with Crippen molar-refractivity contribution in [3.05, 3.63) is 65.7 Å². The number of nitrogens with one attached hydrogen (secondary N) is 1. The Bertz CT molecular complexity index is 959. The fraction of sp³-hybridized carbons (Fsp3) is 0.333. The lowest BCUT2D eigenvalue weighted by Gasteiger charge is -2.24. The minimum Gasteiger partial charge on any atom is -0.354 e. The number of rotatable bonds is 7. The van der Waals surface area contributed by atoms with Gasteiger partial charge in [0, 0.05) is 13.1 Å². The summed E-state index contributed by atoms with van der Waals surface area (Å²) in [6.07, 6.45) is 2.32. The van der Waals surface area contributed by atoms with Crippen LogP contribution in [0, 0.1) is 0 Å². The predicted molar refractivity (Wildman–Crippen MR) is 109 cm³/mol. The highest BCUT2D eigenvalue weighted by molar-refractivity contribution is 7.89. The molecule has 3 rings (SSSR count). The quantitative estimate of drug-likeness (QED) is 0.709. The smallest absolute Gasteiger partial charge is 0.242 e. The van der Waals surface area contributed by atoms with Crippen molar-refractivity contribution in [1.29, 1.82) is 0 Å². The van der Waals surface area contributed by atoms with Gasteiger partial charge < -0.3 is 10.2 Å². The third kappa shape index (κ3) is 5.65. The van der Waals surface area contributed by atoms with E-state index < -0.39 is 16.1 Å². The van der Waals surface area contributed by atoms with Gasteiger partial charge in [-0.05, 0) is 42.5 Å². The Morgan fingerprint density at radius 3 is 2.38 bits per heavy atom. The number of carbonyl (C=O) groups excluding carboxylic acids is 2. The van der Waals surface area contributed by atoms with E-state index in [9.17, 15) is 18.0 Å². The number of nitrogens with two attached hydrogens (primary N) is 1. The zero-order valence-corrected chi connectivity index (χ0v) is 16.9. The van der Waals surface area contributed by atoms with Gasteiger partial charge in [0.25, 0.3) is 0 Å². The first kappa shape index (κ1) is 21.0. The van der Waals surface area contributed by atoms with Gasteiger partial charge in [0.05, 0.1) is 11.3 Å². The summed E-state index contributed by atoms with van der Waals surface area (Å²) in [6.45, 7) is 1.00. The van der Waals surface area contributed by atoms with Crippen molar-refractivity contribution in [1.82, 2.24) is 10.2 Å². The van der Waals surface area contributed by atoms with Crippen molar-refractivity contribution in [3.63, 3.8) is 0 Å². The molecule has 0 saturated carbocycles. The van der Waals surface area contributed by atoms with Gasteiger partial charge in [-0.2, -0.15) is 0 Å². The molecule has 0 radical (unpaired) electrons. The summed E-state index contributed by atoms with van der Waals surface area (Å²) in [5.41, 5.74) is 1.83. The fourth-order valence-electron chi connectivity index (χ4n) is 3.50. The van der Waals surface area contributed by atoms with E-state index in [4.69, 9.17) is 5.14 Å².